The lowest BCUT2D eigenvalue weighted by molar-refractivity contribution is 0.561. The minimum atomic E-state index is 0.218. The van der Waals surface area contributed by atoms with Crippen molar-refractivity contribution < 1.29 is 0 Å². The molecule has 0 aliphatic carbocycles. The molecule has 1 unspecified atom stereocenters. The molecule has 0 spiro atoms. The zero-order chi connectivity index (χ0) is 12.3. The molecule has 5 heteroatoms. The SMILES string of the molecule is CCc1ccsc1C(Cc1ccc(Br)s1)NN. The highest BCUT2D eigenvalue weighted by molar-refractivity contribution is 9.11. The summed E-state index contributed by atoms with van der Waals surface area (Å²) in [5, 5.41) is 2.14. The van der Waals surface area contributed by atoms with E-state index in [0.717, 1.165) is 12.8 Å². The van der Waals surface area contributed by atoms with Gasteiger partial charge in [0.05, 0.1) is 9.83 Å². The van der Waals surface area contributed by atoms with E-state index in [1.54, 1.807) is 22.7 Å². The van der Waals surface area contributed by atoms with E-state index in [1.807, 2.05) is 0 Å². The number of thiophene rings is 2. The highest BCUT2D eigenvalue weighted by Gasteiger charge is 2.16. The Bertz CT molecular complexity index is 478. The molecule has 0 saturated carbocycles. The molecule has 92 valence electrons. The van der Waals surface area contributed by atoms with Crippen LogP contribution in [0.15, 0.2) is 27.4 Å². The van der Waals surface area contributed by atoms with E-state index < -0.39 is 0 Å². The van der Waals surface area contributed by atoms with Crippen LogP contribution >= 0.6 is 38.6 Å². The molecule has 0 amide bonds. The highest BCUT2D eigenvalue weighted by atomic mass is 79.9. The Morgan fingerprint density at radius 3 is 2.82 bits per heavy atom. The fourth-order valence-electron chi connectivity index (χ4n) is 1.84. The van der Waals surface area contributed by atoms with Crippen LogP contribution < -0.4 is 11.3 Å². The third-order valence-corrected chi connectivity index (χ3v) is 5.43. The molecule has 2 rings (SSSR count). The monoisotopic (exact) mass is 330 g/mol. The maximum atomic E-state index is 5.69. The minimum absolute atomic E-state index is 0.218. The molecule has 2 aromatic rings. The predicted molar refractivity (Wildman–Crippen MR) is 79.5 cm³/mol. The molecule has 17 heavy (non-hydrogen) atoms. The van der Waals surface area contributed by atoms with Gasteiger partial charge in [0.25, 0.3) is 0 Å². The Balaban J connectivity index is 2.16. The van der Waals surface area contributed by atoms with Gasteiger partial charge in [-0.05, 0) is 51.5 Å². The van der Waals surface area contributed by atoms with Gasteiger partial charge >= 0.3 is 0 Å². The van der Waals surface area contributed by atoms with Crippen molar-refractivity contribution in [3.05, 3.63) is 42.7 Å². The summed E-state index contributed by atoms with van der Waals surface area (Å²) in [6.07, 6.45) is 2.01. The zero-order valence-electron chi connectivity index (χ0n) is 9.57. The molecule has 2 aromatic heterocycles. The summed E-state index contributed by atoms with van der Waals surface area (Å²) in [5.41, 5.74) is 4.34. The molecular weight excluding hydrogens is 316 g/mol. The zero-order valence-corrected chi connectivity index (χ0v) is 12.8. The third-order valence-electron chi connectivity index (χ3n) is 2.71. The maximum Gasteiger partial charge on any atom is 0.0701 e. The summed E-state index contributed by atoms with van der Waals surface area (Å²) >= 11 is 7.04. The lowest BCUT2D eigenvalue weighted by atomic mass is 10.1. The number of nitrogens with two attached hydrogens (primary N) is 1. The van der Waals surface area contributed by atoms with Gasteiger partial charge in [-0.1, -0.05) is 6.92 Å². The van der Waals surface area contributed by atoms with E-state index in [9.17, 15) is 0 Å². The largest absolute Gasteiger partial charge is 0.271 e. The van der Waals surface area contributed by atoms with Crippen molar-refractivity contribution in [2.45, 2.75) is 25.8 Å². The Labute approximate surface area is 118 Å². The summed E-state index contributed by atoms with van der Waals surface area (Å²) < 4.78 is 1.17. The number of hydrogen-bond donors (Lipinski definition) is 2. The molecule has 0 fully saturated rings. The second-order valence-electron chi connectivity index (χ2n) is 3.79. The molecule has 2 nitrogen and oxygen atoms in total. The molecular formula is C12H15BrN2S2. The van der Waals surface area contributed by atoms with Gasteiger partial charge in [-0.3, -0.25) is 11.3 Å². The first-order chi connectivity index (χ1) is 8.24. The Hall–Kier alpha value is -0.200. The molecule has 0 radical (unpaired) electrons. The smallest absolute Gasteiger partial charge is 0.0701 e. The molecule has 3 N–H and O–H groups in total. The van der Waals surface area contributed by atoms with Crippen LogP contribution in [0.3, 0.4) is 0 Å². The number of hydrogen-bond acceptors (Lipinski definition) is 4. The van der Waals surface area contributed by atoms with E-state index in [2.05, 4.69) is 51.9 Å². The van der Waals surface area contributed by atoms with Crippen LogP contribution in [0.4, 0.5) is 0 Å². The van der Waals surface area contributed by atoms with Gasteiger partial charge in [0, 0.05) is 16.2 Å². The van der Waals surface area contributed by atoms with Crippen LogP contribution in [0.1, 0.15) is 28.3 Å². The second kappa shape index (κ2) is 6.11. The molecule has 2 heterocycles. The van der Waals surface area contributed by atoms with Crippen molar-refractivity contribution in [3.63, 3.8) is 0 Å². The van der Waals surface area contributed by atoms with E-state index >= 15 is 0 Å². The summed E-state index contributed by atoms with van der Waals surface area (Å²) in [7, 11) is 0. The lowest BCUT2D eigenvalue weighted by Gasteiger charge is -2.15. The van der Waals surface area contributed by atoms with E-state index in [-0.39, 0.29) is 6.04 Å². The van der Waals surface area contributed by atoms with Gasteiger partial charge in [-0.25, -0.2) is 0 Å². The van der Waals surface area contributed by atoms with Crippen LogP contribution in [-0.2, 0) is 12.8 Å². The van der Waals surface area contributed by atoms with Crippen molar-refractivity contribution in [2.24, 2.45) is 5.84 Å². The summed E-state index contributed by atoms with van der Waals surface area (Å²) in [5.74, 6) is 5.69. The Morgan fingerprint density at radius 2 is 2.24 bits per heavy atom. The van der Waals surface area contributed by atoms with Crippen molar-refractivity contribution >= 4 is 38.6 Å². The minimum Gasteiger partial charge on any atom is -0.271 e. The van der Waals surface area contributed by atoms with Gasteiger partial charge in [0.15, 0.2) is 0 Å². The quantitative estimate of drug-likeness (QED) is 0.644. The van der Waals surface area contributed by atoms with E-state index in [4.69, 9.17) is 5.84 Å². The van der Waals surface area contributed by atoms with Crippen LogP contribution in [0.5, 0.6) is 0 Å². The van der Waals surface area contributed by atoms with E-state index in [1.165, 1.54) is 19.1 Å². The fourth-order valence-corrected chi connectivity index (χ4v) is 4.42. The average molecular weight is 331 g/mol. The van der Waals surface area contributed by atoms with Gasteiger partial charge in [-0.2, -0.15) is 0 Å². The van der Waals surface area contributed by atoms with Gasteiger partial charge < -0.3 is 0 Å². The van der Waals surface area contributed by atoms with Crippen LogP contribution in [0.2, 0.25) is 0 Å². The number of rotatable bonds is 5. The van der Waals surface area contributed by atoms with E-state index in [0.29, 0.717) is 0 Å². The second-order valence-corrected chi connectivity index (χ2v) is 7.29. The predicted octanol–water partition coefficient (Wildman–Crippen LogP) is 3.88. The topological polar surface area (TPSA) is 38.0 Å². The van der Waals surface area contributed by atoms with Crippen LogP contribution in [0.25, 0.3) is 0 Å². The summed E-state index contributed by atoms with van der Waals surface area (Å²) in [6.45, 7) is 2.18. The third kappa shape index (κ3) is 3.17. The number of hydrazine groups is 1. The molecule has 0 saturated heterocycles. The van der Waals surface area contributed by atoms with Crippen molar-refractivity contribution in [3.8, 4) is 0 Å². The molecule has 0 aliphatic heterocycles. The van der Waals surface area contributed by atoms with Gasteiger partial charge in [0.2, 0.25) is 0 Å². The summed E-state index contributed by atoms with van der Waals surface area (Å²) in [6, 6.07) is 6.64. The molecule has 0 bridgehead atoms. The average Bonchev–Trinajstić information content (AvgIpc) is 2.94. The van der Waals surface area contributed by atoms with Crippen molar-refractivity contribution in [1.82, 2.24) is 5.43 Å². The van der Waals surface area contributed by atoms with Crippen molar-refractivity contribution in [2.75, 3.05) is 0 Å². The first-order valence-corrected chi connectivity index (χ1v) is 8.00. The Morgan fingerprint density at radius 1 is 1.41 bits per heavy atom. The molecule has 0 aromatic carbocycles. The van der Waals surface area contributed by atoms with Crippen molar-refractivity contribution in [1.29, 1.82) is 0 Å². The normalized spacial score (nSPS) is 12.9. The molecule has 0 aliphatic rings. The standard InChI is InChI=1S/C12H15BrN2S2/c1-2-8-5-6-16-12(8)10(15-14)7-9-3-4-11(13)17-9/h3-6,10,15H,2,7,14H2,1H3. The maximum absolute atomic E-state index is 5.69. The summed E-state index contributed by atoms with van der Waals surface area (Å²) in [4.78, 5) is 2.70. The Kier molecular flexibility index (Phi) is 4.76. The lowest BCUT2D eigenvalue weighted by Crippen LogP contribution is -2.29. The molecule has 1 atom stereocenters. The van der Waals surface area contributed by atoms with Gasteiger partial charge in [0.1, 0.15) is 0 Å². The highest BCUT2D eigenvalue weighted by Crippen LogP contribution is 2.30. The number of halogens is 1. The first kappa shape index (κ1) is 13.2. The fraction of sp³-hybridized carbons (Fsp3) is 0.333. The van der Waals surface area contributed by atoms with Gasteiger partial charge in [-0.15, -0.1) is 22.7 Å². The van der Waals surface area contributed by atoms with Crippen LogP contribution in [-0.4, -0.2) is 0 Å². The first-order valence-electron chi connectivity index (χ1n) is 5.51. The number of nitrogens with one attached hydrogen (secondary N) is 1. The number of aryl methyl sites for hydroxylation is 1. The van der Waals surface area contributed by atoms with Crippen LogP contribution in [0, 0.1) is 0 Å².